The number of nitrogens with zero attached hydrogens (tertiary/aromatic N) is 2. The second-order valence-corrected chi connectivity index (χ2v) is 5.03. The molecule has 2 N–H and O–H groups in total. The third kappa shape index (κ3) is 3.08. The predicted octanol–water partition coefficient (Wildman–Crippen LogP) is 2.52. The molecule has 1 rings (SSSR count). The quantitative estimate of drug-likeness (QED) is 0.805. The van der Waals surface area contributed by atoms with Crippen molar-refractivity contribution in [1.29, 1.82) is 0 Å². The average Bonchev–Trinajstić information content (AvgIpc) is 2.59. The zero-order valence-electron chi connectivity index (χ0n) is 11.1. The molecular weight excluding hydrogens is 198 g/mol. The normalized spacial score (nSPS) is 15.1. The minimum Gasteiger partial charge on any atom is -0.330 e. The first-order valence-electron chi connectivity index (χ1n) is 6.28. The SMILES string of the molecule is CCCC(C)(CN)Cc1cc(C)nn1CC. The number of hydrogen-bond donors (Lipinski definition) is 1. The largest absolute Gasteiger partial charge is 0.330 e. The van der Waals surface area contributed by atoms with Gasteiger partial charge in [0.1, 0.15) is 0 Å². The van der Waals surface area contributed by atoms with Crippen LogP contribution < -0.4 is 5.73 Å². The van der Waals surface area contributed by atoms with Crippen molar-refractivity contribution >= 4 is 0 Å². The van der Waals surface area contributed by atoms with E-state index in [9.17, 15) is 0 Å². The number of aromatic nitrogens is 2. The molecule has 3 nitrogen and oxygen atoms in total. The van der Waals surface area contributed by atoms with Gasteiger partial charge in [0, 0.05) is 12.2 Å². The number of nitrogens with two attached hydrogens (primary N) is 1. The Morgan fingerprint density at radius 3 is 2.62 bits per heavy atom. The first-order valence-corrected chi connectivity index (χ1v) is 6.28. The molecule has 1 aromatic rings. The molecule has 0 aliphatic rings. The van der Waals surface area contributed by atoms with Gasteiger partial charge in [-0.25, -0.2) is 0 Å². The highest BCUT2D eigenvalue weighted by molar-refractivity contribution is 5.11. The smallest absolute Gasteiger partial charge is 0.0596 e. The van der Waals surface area contributed by atoms with Gasteiger partial charge in [-0.05, 0) is 44.7 Å². The Kier molecular flexibility index (Phi) is 4.54. The van der Waals surface area contributed by atoms with Crippen LogP contribution in [0.1, 0.15) is 45.0 Å². The Hall–Kier alpha value is -0.830. The van der Waals surface area contributed by atoms with Crippen LogP contribution in [-0.4, -0.2) is 16.3 Å². The molecule has 0 aliphatic carbocycles. The lowest BCUT2D eigenvalue weighted by Crippen LogP contribution is -2.30. The van der Waals surface area contributed by atoms with Crippen molar-refractivity contribution in [2.24, 2.45) is 11.1 Å². The van der Waals surface area contributed by atoms with Crippen molar-refractivity contribution in [1.82, 2.24) is 9.78 Å². The van der Waals surface area contributed by atoms with Crippen LogP contribution in [0.2, 0.25) is 0 Å². The summed E-state index contributed by atoms with van der Waals surface area (Å²) in [7, 11) is 0. The van der Waals surface area contributed by atoms with Gasteiger partial charge < -0.3 is 5.73 Å². The van der Waals surface area contributed by atoms with E-state index in [-0.39, 0.29) is 5.41 Å². The molecule has 3 heteroatoms. The Labute approximate surface area is 99.0 Å². The maximum Gasteiger partial charge on any atom is 0.0596 e. The van der Waals surface area contributed by atoms with E-state index in [0.29, 0.717) is 0 Å². The zero-order chi connectivity index (χ0) is 12.2. The molecule has 1 atom stereocenters. The van der Waals surface area contributed by atoms with Gasteiger partial charge in [0.15, 0.2) is 0 Å². The van der Waals surface area contributed by atoms with Crippen LogP contribution in [0.25, 0.3) is 0 Å². The van der Waals surface area contributed by atoms with E-state index in [1.807, 2.05) is 0 Å². The van der Waals surface area contributed by atoms with Crippen LogP contribution in [0.3, 0.4) is 0 Å². The summed E-state index contributed by atoms with van der Waals surface area (Å²) in [5.74, 6) is 0. The lowest BCUT2D eigenvalue weighted by atomic mass is 9.81. The van der Waals surface area contributed by atoms with Gasteiger partial charge in [-0.3, -0.25) is 4.68 Å². The number of aryl methyl sites for hydroxylation is 2. The molecule has 0 bridgehead atoms. The average molecular weight is 223 g/mol. The van der Waals surface area contributed by atoms with Crippen molar-refractivity contribution in [2.75, 3.05) is 6.54 Å². The van der Waals surface area contributed by atoms with Crippen LogP contribution in [0.5, 0.6) is 0 Å². The van der Waals surface area contributed by atoms with E-state index in [1.165, 1.54) is 18.5 Å². The Balaban J connectivity index is 2.84. The summed E-state index contributed by atoms with van der Waals surface area (Å²) < 4.78 is 2.10. The lowest BCUT2D eigenvalue weighted by molar-refractivity contribution is 0.294. The summed E-state index contributed by atoms with van der Waals surface area (Å²) in [5, 5.41) is 4.48. The standard InChI is InChI=1S/C13H25N3/c1-5-7-13(4,10-14)9-12-8-11(3)15-16(12)6-2/h8H,5-7,9-10,14H2,1-4H3. The van der Waals surface area contributed by atoms with Gasteiger partial charge in [0.25, 0.3) is 0 Å². The molecule has 92 valence electrons. The van der Waals surface area contributed by atoms with Crippen molar-refractivity contribution in [3.05, 3.63) is 17.5 Å². The summed E-state index contributed by atoms with van der Waals surface area (Å²) >= 11 is 0. The second kappa shape index (κ2) is 5.48. The summed E-state index contributed by atoms with van der Waals surface area (Å²) in [6, 6.07) is 2.19. The van der Waals surface area contributed by atoms with Gasteiger partial charge >= 0.3 is 0 Å². The van der Waals surface area contributed by atoms with Crippen molar-refractivity contribution in [3.8, 4) is 0 Å². The van der Waals surface area contributed by atoms with E-state index in [2.05, 4.69) is 43.5 Å². The molecule has 0 radical (unpaired) electrons. The van der Waals surface area contributed by atoms with Crippen molar-refractivity contribution in [3.63, 3.8) is 0 Å². The fourth-order valence-corrected chi connectivity index (χ4v) is 2.32. The predicted molar refractivity (Wildman–Crippen MR) is 68.4 cm³/mol. The van der Waals surface area contributed by atoms with Gasteiger partial charge in [-0.1, -0.05) is 20.3 Å². The van der Waals surface area contributed by atoms with Crippen LogP contribution in [0.4, 0.5) is 0 Å². The summed E-state index contributed by atoms with van der Waals surface area (Å²) in [6.07, 6.45) is 3.40. The maximum absolute atomic E-state index is 5.91. The van der Waals surface area contributed by atoms with Gasteiger partial charge in [-0.2, -0.15) is 5.10 Å². The second-order valence-electron chi connectivity index (χ2n) is 5.03. The maximum atomic E-state index is 5.91. The highest BCUT2D eigenvalue weighted by atomic mass is 15.3. The molecule has 0 aliphatic heterocycles. The molecule has 0 saturated carbocycles. The van der Waals surface area contributed by atoms with Crippen molar-refractivity contribution < 1.29 is 0 Å². The van der Waals surface area contributed by atoms with Crippen LogP contribution in [0, 0.1) is 12.3 Å². The summed E-state index contributed by atoms with van der Waals surface area (Å²) in [5.41, 5.74) is 8.55. The molecule has 16 heavy (non-hydrogen) atoms. The van der Waals surface area contributed by atoms with Crippen molar-refractivity contribution in [2.45, 2.75) is 53.5 Å². The fraction of sp³-hybridized carbons (Fsp3) is 0.769. The molecule has 0 saturated heterocycles. The van der Waals surface area contributed by atoms with E-state index >= 15 is 0 Å². The minimum absolute atomic E-state index is 0.216. The molecule has 0 aromatic carbocycles. The number of rotatable bonds is 6. The lowest BCUT2D eigenvalue weighted by Gasteiger charge is -2.27. The van der Waals surface area contributed by atoms with Gasteiger partial charge in [-0.15, -0.1) is 0 Å². The molecule has 0 amide bonds. The highest BCUT2D eigenvalue weighted by Crippen LogP contribution is 2.27. The number of hydrogen-bond acceptors (Lipinski definition) is 2. The minimum atomic E-state index is 0.216. The molecule has 1 heterocycles. The van der Waals surface area contributed by atoms with Crippen LogP contribution >= 0.6 is 0 Å². The third-order valence-electron chi connectivity index (χ3n) is 3.24. The van der Waals surface area contributed by atoms with Crippen LogP contribution in [-0.2, 0) is 13.0 Å². The van der Waals surface area contributed by atoms with E-state index < -0.39 is 0 Å². The fourth-order valence-electron chi connectivity index (χ4n) is 2.32. The van der Waals surface area contributed by atoms with Gasteiger partial charge in [0.05, 0.1) is 5.69 Å². The molecule has 0 spiro atoms. The third-order valence-corrected chi connectivity index (χ3v) is 3.24. The Morgan fingerprint density at radius 1 is 1.44 bits per heavy atom. The summed E-state index contributed by atoms with van der Waals surface area (Å²) in [6.45, 7) is 10.4. The Morgan fingerprint density at radius 2 is 2.12 bits per heavy atom. The van der Waals surface area contributed by atoms with E-state index in [4.69, 9.17) is 5.73 Å². The molecule has 0 fully saturated rings. The highest BCUT2D eigenvalue weighted by Gasteiger charge is 2.23. The first-order chi connectivity index (χ1) is 7.54. The summed E-state index contributed by atoms with van der Waals surface area (Å²) in [4.78, 5) is 0. The zero-order valence-corrected chi connectivity index (χ0v) is 11.1. The van der Waals surface area contributed by atoms with E-state index in [1.54, 1.807) is 0 Å². The van der Waals surface area contributed by atoms with E-state index in [0.717, 1.165) is 25.2 Å². The van der Waals surface area contributed by atoms with Gasteiger partial charge in [0.2, 0.25) is 0 Å². The first kappa shape index (κ1) is 13.2. The molecule has 1 unspecified atom stereocenters. The monoisotopic (exact) mass is 223 g/mol. The molecule has 1 aromatic heterocycles. The Bertz CT molecular complexity index is 330. The topological polar surface area (TPSA) is 43.8 Å². The molecular formula is C13H25N3. The van der Waals surface area contributed by atoms with Crippen LogP contribution in [0.15, 0.2) is 6.07 Å².